The van der Waals surface area contributed by atoms with Crippen LogP contribution in [0.1, 0.15) is 19.4 Å². The van der Waals surface area contributed by atoms with E-state index < -0.39 is 0 Å². The maximum Gasteiger partial charge on any atom is 0.174 e. The van der Waals surface area contributed by atoms with Crippen LogP contribution in [-0.2, 0) is 6.42 Å². The van der Waals surface area contributed by atoms with Gasteiger partial charge in [-0.3, -0.25) is 0 Å². The first kappa shape index (κ1) is 15.0. The van der Waals surface area contributed by atoms with Crippen LogP contribution in [0.5, 0.6) is 11.5 Å². The summed E-state index contributed by atoms with van der Waals surface area (Å²) in [5, 5.41) is 0. The molecule has 0 saturated carbocycles. The topological polar surface area (TPSA) is 18.5 Å². The van der Waals surface area contributed by atoms with Crippen molar-refractivity contribution in [3.63, 3.8) is 0 Å². The highest BCUT2D eigenvalue weighted by Gasteiger charge is 2.12. The first-order valence-electron chi connectivity index (χ1n) is 5.79. The SMILES string of the molecule is CCOc1cc(CCI)cc(SC)c1OCC. The lowest BCUT2D eigenvalue weighted by atomic mass is 10.1. The molecule has 0 bridgehead atoms. The van der Waals surface area contributed by atoms with Gasteiger partial charge in [0.05, 0.1) is 18.1 Å². The number of alkyl halides is 1. The number of thioether (sulfide) groups is 1. The molecule has 0 fully saturated rings. The maximum atomic E-state index is 5.70. The highest BCUT2D eigenvalue weighted by Crippen LogP contribution is 2.38. The van der Waals surface area contributed by atoms with Crippen molar-refractivity contribution in [3.05, 3.63) is 17.7 Å². The van der Waals surface area contributed by atoms with Gasteiger partial charge >= 0.3 is 0 Å². The second kappa shape index (κ2) is 8.08. The predicted molar refractivity (Wildman–Crippen MR) is 83.2 cm³/mol. The standard InChI is InChI=1S/C13H19IO2S/c1-4-15-11-8-10(6-7-14)9-12(17-3)13(11)16-5-2/h8-9H,4-7H2,1-3H3. The lowest BCUT2D eigenvalue weighted by Gasteiger charge is -2.15. The molecule has 0 radical (unpaired) electrons. The first-order chi connectivity index (χ1) is 8.26. The van der Waals surface area contributed by atoms with Gasteiger partial charge in [0.1, 0.15) is 0 Å². The van der Waals surface area contributed by atoms with Crippen LogP contribution in [0.4, 0.5) is 0 Å². The monoisotopic (exact) mass is 366 g/mol. The molecule has 96 valence electrons. The maximum absolute atomic E-state index is 5.70. The fourth-order valence-electron chi connectivity index (χ4n) is 1.59. The van der Waals surface area contributed by atoms with Crippen molar-refractivity contribution < 1.29 is 9.47 Å². The molecular weight excluding hydrogens is 347 g/mol. The van der Waals surface area contributed by atoms with Crippen LogP contribution < -0.4 is 9.47 Å². The Kier molecular flexibility index (Phi) is 7.11. The Balaban J connectivity index is 3.14. The Bertz CT molecular complexity index is 356. The Morgan fingerprint density at radius 3 is 2.41 bits per heavy atom. The van der Waals surface area contributed by atoms with Gasteiger partial charge in [-0.1, -0.05) is 22.6 Å². The smallest absolute Gasteiger partial charge is 0.174 e. The lowest BCUT2D eigenvalue weighted by Crippen LogP contribution is -2.01. The Morgan fingerprint density at radius 1 is 1.18 bits per heavy atom. The molecule has 1 rings (SSSR count). The zero-order chi connectivity index (χ0) is 12.7. The number of rotatable bonds is 7. The summed E-state index contributed by atoms with van der Waals surface area (Å²) in [7, 11) is 0. The van der Waals surface area contributed by atoms with Crippen molar-refractivity contribution in [2.75, 3.05) is 23.9 Å². The zero-order valence-corrected chi connectivity index (χ0v) is 13.6. The number of ether oxygens (including phenoxy) is 2. The molecule has 0 amide bonds. The van der Waals surface area contributed by atoms with Crippen molar-refractivity contribution in [1.29, 1.82) is 0 Å². The molecule has 0 unspecified atom stereocenters. The summed E-state index contributed by atoms with van der Waals surface area (Å²) < 4.78 is 12.5. The van der Waals surface area contributed by atoms with Crippen molar-refractivity contribution in [2.45, 2.75) is 25.2 Å². The molecule has 4 heteroatoms. The summed E-state index contributed by atoms with van der Waals surface area (Å²) in [6, 6.07) is 4.31. The van der Waals surface area contributed by atoms with E-state index in [2.05, 4.69) is 41.0 Å². The molecule has 17 heavy (non-hydrogen) atoms. The van der Waals surface area contributed by atoms with Crippen LogP contribution in [-0.4, -0.2) is 23.9 Å². The molecule has 0 heterocycles. The van der Waals surface area contributed by atoms with Crippen LogP contribution in [0.15, 0.2) is 17.0 Å². The highest BCUT2D eigenvalue weighted by atomic mass is 127. The minimum absolute atomic E-state index is 0.666. The number of hydrogen-bond donors (Lipinski definition) is 0. The number of halogens is 1. The van der Waals surface area contributed by atoms with Gasteiger partial charge in [-0.15, -0.1) is 11.8 Å². The minimum atomic E-state index is 0.666. The van der Waals surface area contributed by atoms with E-state index in [0.717, 1.165) is 27.2 Å². The zero-order valence-electron chi connectivity index (χ0n) is 10.6. The van der Waals surface area contributed by atoms with Gasteiger partial charge in [0.25, 0.3) is 0 Å². The molecule has 0 N–H and O–H groups in total. The second-order valence-electron chi connectivity index (χ2n) is 3.43. The summed E-state index contributed by atoms with van der Waals surface area (Å²) in [6.45, 7) is 5.33. The molecule has 0 aliphatic carbocycles. The molecule has 0 aromatic heterocycles. The molecule has 1 aromatic carbocycles. The van der Waals surface area contributed by atoms with E-state index in [9.17, 15) is 0 Å². The molecule has 0 aliphatic heterocycles. The van der Waals surface area contributed by atoms with Crippen LogP contribution in [0, 0.1) is 0 Å². The molecule has 0 spiro atoms. The molecule has 0 aliphatic rings. The van der Waals surface area contributed by atoms with Gasteiger partial charge in [0.2, 0.25) is 0 Å². The van der Waals surface area contributed by atoms with E-state index in [1.54, 1.807) is 11.8 Å². The van der Waals surface area contributed by atoms with E-state index in [-0.39, 0.29) is 0 Å². The summed E-state index contributed by atoms with van der Waals surface area (Å²) in [4.78, 5) is 1.16. The van der Waals surface area contributed by atoms with Gasteiger partial charge in [0, 0.05) is 4.43 Å². The normalized spacial score (nSPS) is 10.4. The molecule has 1 aromatic rings. The molecule has 2 nitrogen and oxygen atoms in total. The fourth-order valence-corrected chi connectivity index (χ4v) is 2.82. The van der Waals surface area contributed by atoms with E-state index in [1.807, 2.05) is 13.8 Å². The van der Waals surface area contributed by atoms with Crippen molar-refractivity contribution >= 4 is 34.4 Å². The van der Waals surface area contributed by atoms with Crippen molar-refractivity contribution in [2.24, 2.45) is 0 Å². The van der Waals surface area contributed by atoms with Crippen LogP contribution in [0.3, 0.4) is 0 Å². The summed E-state index contributed by atoms with van der Waals surface area (Å²) >= 11 is 4.10. The highest BCUT2D eigenvalue weighted by molar-refractivity contribution is 14.1. The predicted octanol–water partition coefficient (Wildman–Crippen LogP) is 4.18. The number of aryl methyl sites for hydroxylation is 1. The van der Waals surface area contributed by atoms with Crippen molar-refractivity contribution in [1.82, 2.24) is 0 Å². The number of hydrogen-bond acceptors (Lipinski definition) is 3. The lowest BCUT2D eigenvalue weighted by molar-refractivity contribution is 0.282. The third-order valence-corrected chi connectivity index (χ3v) is 3.55. The van der Waals surface area contributed by atoms with E-state index in [0.29, 0.717) is 13.2 Å². The third-order valence-electron chi connectivity index (χ3n) is 2.27. The summed E-state index contributed by atoms with van der Waals surface area (Å²) in [5.41, 5.74) is 1.32. The number of benzene rings is 1. The van der Waals surface area contributed by atoms with E-state index >= 15 is 0 Å². The molecular formula is C13H19IO2S. The first-order valence-corrected chi connectivity index (χ1v) is 8.54. The van der Waals surface area contributed by atoms with Gasteiger partial charge in [-0.25, -0.2) is 0 Å². The quantitative estimate of drug-likeness (QED) is 0.410. The van der Waals surface area contributed by atoms with Gasteiger partial charge < -0.3 is 9.47 Å². The average Bonchev–Trinajstić information content (AvgIpc) is 2.33. The van der Waals surface area contributed by atoms with Crippen molar-refractivity contribution in [3.8, 4) is 11.5 Å². The summed E-state index contributed by atoms with van der Waals surface area (Å²) in [5.74, 6) is 1.76. The van der Waals surface area contributed by atoms with Gasteiger partial charge in [0.15, 0.2) is 11.5 Å². The Hall–Kier alpha value is -0.100. The van der Waals surface area contributed by atoms with Crippen LogP contribution >= 0.6 is 34.4 Å². The van der Waals surface area contributed by atoms with Crippen LogP contribution in [0.2, 0.25) is 0 Å². The largest absolute Gasteiger partial charge is 0.490 e. The average molecular weight is 366 g/mol. The third kappa shape index (κ3) is 4.25. The van der Waals surface area contributed by atoms with Gasteiger partial charge in [-0.2, -0.15) is 0 Å². The Labute approximate surface area is 122 Å². The van der Waals surface area contributed by atoms with Gasteiger partial charge in [-0.05, 0) is 44.2 Å². The molecule has 0 atom stereocenters. The summed E-state index contributed by atoms with van der Waals surface area (Å²) in [6.07, 6.45) is 3.14. The molecule has 0 saturated heterocycles. The minimum Gasteiger partial charge on any atom is -0.490 e. The van der Waals surface area contributed by atoms with E-state index in [1.165, 1.54) is 5.56 Å². The second-order valence-corrected chi connectivity index (χ2v) is 5.36. The Morgan fingerprint density at radius 2 is 1.88 bits per heavy atom. The fraction of sp³-hybridized carbons (Fsp3) is 0.538. The van der Waals surface area contributed by atoms with E-state index in [4.69, 9.17) is 9.47 Å². The van der Waals surface area contributed by atoms with Crippen LogP contribution in [0.25, 0.3) is 0 Å².